The molecule has 0 N–H and O–H groups in total. The van der Waals surface area contributed by atoms with E-state index in [-0.39, 0.29) is 25.0 Å². The number of hydrogen-bond acceptors (Lipinski definition) is 4. The van der Waals surface area contributed by atoms with Crippen molar-refractivity contribution in [1.29, 1.82) is 0 Å². The number of esters is 2. The molecule has 0 radical (unpaired) electrons. The molecule has 2 unspecified atom stereocenters. The zero-order valence-electron chi connectivity index (χ0n) is 15.0. The number of allylic oxidation sites excluding steroid dienone is 2. The van der Waals surface area contributed by atoms with Crippen LogP contribution in [0, 0.1) is 17.3 Å². The third-order valence-electron chi connectivity index (χ3n) is 5.52. The van der Waals surface area contributed by atoms with E-state index in [1.807, 2.05) is 72.8 Å². The summed E-state index contributed by atoms with van der Waals surface area (Å²) in [5.74, 6) is -1.07. The summed E-state index contributed by atoms with van der Waals surface area (Å²) in [6.07, 6.45) is 5.70. The topological polar surface area (TPSA) is 52.6 Å². The van der Waals surface area contributed by atoms with Crippen LogP contribution < -0.4 is 0 Å². The predicted octanol–water partition coefficient (Wildman–Crippen LogP) is 4.06. The van der Waals surface area contributed by atoms with Gasteiger partial charge in [-0.25, -0.2) is 0 Å². The average molecular weight is 362 g/mol. The number of ether oxygens (including phenoxy) is 2. The van der Waals surface area contributed by atoms with E-state index < -0.39 is 17.4 Å². The second-order valence-corrected chi connectivity index (χ2v) is 7.13. The molecular formula is C23H22O4. The molecule has 1 saturated carbocycles. The Morgan fingerprint density at radius 2 is 1.37 bits per heavy atom. The molecule has 2 aromatic carbocycles. The van der Waals surface area contributed by atoms with Gasteiger partial charge in [0.1, 0.15) is 13.2 Å². The van der Waals surface area contributed by atoms with E-state index in [4.69, 9.17) is 9.47 Å². The first kappa shape index (κ1) is 17.5. The van der Waals surface area contributed by atoms with Crippen molar-refractivity contribution >= 4 is 11.9 Å². The number of rotatable bonds is 6. The Hall–Kier alpha value is -2.88. The maximum atomic E-state index is 13.0. The molecular weight excluding hydrogens is 340 g/mol. The van der Waals surface area contributed by atoms with Gasteiger partial charge < -0.3 is 9.47 Å². The van der Waals surface area contributed by atoms with Crippen molar-refractivity contribution in [3.05, 3.63) is 83.9 Å². The molecule has 0 heterocycles. The highest BCUT2D eigenvalue weighted by molar-refractivity contribution is 6.05. The highest BCUT2D eigenvalue weighted by Crippen LogP contribution is 2.64. The van der Waals surface area contributed by atoms with Crippen LogP contribution >= 0.6 is 0 Å². The summed E-state index contributed by atoms with van der Waals surface area (Å²) in [7, 11) is 0. The number of hydrogen-bond donors (Lipinski definition) is 0. The van der Waals surface area contributed by atoms with E-state index in [2.05, 4.69) is 0 Å². The number of carbonyl (C=O) groups is 2. The van der Waals surface area contributed by atoms with Crippen LogP contribution in [0.2, 0.25) is 0 Å². The minimum atomic E-state index is -1.18. The van der Waals surface area contributed by atoms with Crippen molar-refractivity contribution < 1.29 is 19.1 Å². The lowest BCUT2D eigenvalue weighted by molar-refractivity contribution is -0.167. The van der Waals surface area contributed by atoms with Gasteiger partial charge in [-0.3, -0.25) is 9.59 Å². The van der Waals surface area contributed by atoms with Gasteiger partial charge in [-0.15, -0.1) is 0 Å². The van der Waals surface area contributed by atoms with Crippen LogP contribution in [0.4, 0.5) is 0 Å². The van der Waals surface area contributed by atoms with Crippen molar-refractivity contribution in [2.24, 2.45) is 17.3 Å². The summed E-state index contributed by atoms with van der Waals surface area (Å²) in [6, 6.07) is 19.0. The highest BCUT2D eigenvalue weighted by Gasteiger charge is 2.75. The van der Waals surface area contributed by atoms with Crippen molar-refractivity contribution in [1.82, 2.24) is 0 Å². The van der Waals surface area contributed by atoms with Crippen molar-refractivity contribution in [2.75, 3.05) is 0 Å². The van der Waals surface area contributed by atoms with Gasteiger partial charge in [0.05, 0.1) is 0 Å². The fourth-order valence-corrected chi connectivity index (χ4v) is 4.04. The normalized spacial score (nSPS) is 21.8. The second kappa shape index (κ2) is 7.39. The molecule has 138 valence electrons. The summed E-state index contributed by atoms with van der Waals surface area (Å²) >= 11 is 0. The molecule has 2 aliphatic rings. The molecule has 0 aromatic heterocycles. The largest absolute Gasteiger partial charge is 0.460 e. The minimum absolute atomic E-state index is 0.0194. The Morgan fingerprint density at radius 1 is 0.852 bits per heavy atom. The molecule has 0 spiro atoms. The first-order valence-electron chi connectivity index (χ1n) is 9.32. The van der Waals surface area contributed by atoms with Crippen molar-refractivity contribution in [3.8, 4) is 0 Å². The molecule has 0 amide bonds. The van der Waals surface area contributed by atoms with Crippen LogP contribution in [0.1, 0.15) is 24.0 Å². The van der Waals surface area contributed by atoms with Gasteiger partial charge >= 0.3 is 11.9 Å². The molecule has 4 rings (SSSR count). The van der Waals surface area contributed by atoms with E-state index in [1.165, 1.54) is 0 Å². The first-order valence-corrected chi connectivity index (χ1v) is 9.32. The number of carbonyl (C=O) groups excluding carboxylic acids is 2. The van der Waals surface area contributed by atoms with Crippen LogP contribution in [0.5, 0.6) is 0 Å². The van der Waals surface area contributed by atoms with E-state index in [0.717, 1.165) is 24.0 Å². The predicted molar refractivity (Wildman–Crippen MR) is 100 cm³/mol. The quantitative estimate of drug-likeness (QED) is 0.442. The highest BCUT2D eigenvalue weighted by atomic mass is 16.6. The lowest BCUT2D eigenvalue weighted by Crippen LogP contribution is -2.33. The minimum Gasteiger partial charge on any atom is -0.460 e. The Labute approximate surface area is 158 Å². The maximum Gasteiger partial charge on any atom is 0.324 e. The zero-order valence-corrected chi connectivity index (χ0v) is 15.0. The smallest absolute Gasteiger partial charge is 0.324 e. The van der Waals surface area contributed by atoms with Gasteiger partial charge in [-0.2, -0.15) is 0 Å². The van der Waals surface area contributed by atoms with Crippen LogP contribution in [0.25, 0.3) is 0 Å². The molecule has 4 nitrogen and oxygen atoms in total. The lowest BCUT2D eigenvalue weighted by Gasteiger charge is -2.16. The molecule has 2 aromatic rings. The maximum absolute atomic E-state index is 13.0. The van der Waals surface area contributed by atoms with Crippen LogP contribution in [0.3, 0.4) is 0 Å². The fraction of sp³-hybridized carbons (Fsp3) is 0.304. The zero-order chi connectivity index (χ0) is 18.7. The Balaban J connectivity index is 1.47. The van der Waals surface area contributed by atoms with E-state index in [9.17, 15) is 9.59 Å². The average Bonchev–Trinajstić information content (AvgIpc) is 3.42. The van der Waals surface area contributed by atoms with E-state index in [0.29, 0.717) is 0 Å². The summed E-state index contributed by atoms with van der Waals surface area (Å²) in [5.41, 5.74) is 0.618. The second-order valence-electron chi connectivity index (χ2n) is 7.13. The number of fused-ring (bicyclic) bond motifs is 1. The molecule has 2 aliphatic carbocycles. The van der Waals surface area contributed by atoms with Gasteiger partial charge in [-0.1, -0.05) is 72.8 Å². The monoisotopic (exact) mass is 362 g/mol. The summed E-state index contributed by atoms with van der Waals surface area (Å²) in [6.45, 7) is 0.326. The molecule has 4 heteroatoms. The Bertz CT molecular complexity index is 786. The molecule has 0 aliphatic heterocycles. The number of benzene rings is 2. The molecule has 1 fully saturated rings. The van der Waals surface area contributed by atoms with Gasteiger partial charge in [0.25, 0.3) is 0 Å². The van der Waals surface area contributed by atoms with Crippen LogP contribution in [0.15, 0.2) is 72.8 Å². The molecule has 27 heavy (non-hydrogen) atoms. The summed E-state index contributed by atoms with van der Waals surface area (Å²) in [5, 5.41) is 0. The van der Waals surface area contributed by atoms with Crippen molar-refractivity contribution in [3.63, 3.8) is 0 Å². The summed E-state index contributed by atoms with van der Waals surface area (Å²) in [4.78, 5) is 25.9. The Morgan fingerprint density at radius 3 is 1.81 bits per heavy atom. The van der Waals surface area contributed by atoms with Gasteiger partial charge in [0, 0.05) is 5.92 Å². The van der Waals surface area contributed by atoms with Crippen molar-refractivity contribution in [2.45, 2.75) is 26.1 Å². The Kier molecular flexibility index (Phi) is 4.80. The molecule has 2 atom stereocenters. The van der Waals surface area contributed by atoms with Gasteiger partial charge in [0.2, 0.25) is 0 Å². The standard InChI is InChI=1S/C23H22O4/c24-21(26-15-17-9-3-1-4-10-17)23(19-13-7-8-14-20(19)23)22(25)27-16-18-11-5-2-6-12-18/h1-7,9-13,19-20H,8,14-16H2. The first-order chi connectivity index (χ1) is 13.2. The van der Waals surface area contributed by atoms with Gasteiger partial charge in [-0.05, 0) is 29.9 Å². The molecule has 0 bridgehead atoms. The van der Waals surface area contributed by atoms with Crippen LogP contribution in [-0.2, 0) is 32.3 Å². The summed E-state index contributed by atoms with van der Waals surface area (Å²) < 4.78 is 11.1. The van der Waals surface area contributed by atoms with Gasteiger partial charge in [0.15, 0.2) is 5.41 Å². The SMILES string of the molecule is O=C(OCc1ccccc1)C1(C(=O)OCc2ccccc2)C2C=CCCC21. The fourth-order valence-electron chi connectivity index (χ4n) is 4.04. The van der Waals surface area contributed by atoms with E-state index >= 15 is 0 Å². The lowest BCUT2D eigenvalue weighted by atomic mass is 10.0. The molecule has 0 saturated heterocycles. The van der Waals surface area contributed by atoms with Crippen LogP contribution in [-0.4, -0.2) is 11.9 Å². The third kappa shape index (κ3) is 3.27. The van der Waals surface area contributed by atoms with E-state index in [1.54, 1.807) is 0 Å². The third-order valence-corrected chi connectivity index (χ3v) is 5.52.